The summed E-state index contributed by atoms with van der Waals surface area (Å²) >= 11 is 0. The van der Waals surface area contributed by atoms with Gasteiger partial charge in [-0.15, -0.1) is 12.4 Å². The van der Waals surface area contributed by atoms with E-state index >= 15 is 0 Å². The predicted octanol–water partition coefficient (Wildman–Crippen LogP) is 0.829. The van der Waals surface area contributed by atoms with Crippen molar-refractivity contribution in [3.8, 4) is 0 Å². The average molecular weight is 237 g/mol. The zero-order valence-electron chi connectivity index (χ0n) is 9.36. The van der Waals surface area contributed by atoms with Gasteiger partial charge in [-0.3, -0.25) is 4.79 Å². The topological polar surface area (TPSA) is 64.3 Å². The molecule has 1 fully saturated rings. The molecule has 0 aromatic heterocycles. The van der Waals surface area contributed by atoms with E-state index in [2.05, 4.69) is 5.32 Å². The number of carbonyl (C=O) groups excluding carboxylic acids is 1. The van der Waals surface area contributed by atoms with E-state index in [-0.39, 0.29) is 24.4 Å². The average Bonchev–Trinajstić information content (AvgIpc) is 2.56. The molecule has 5 heteroatoms. The van der Waals surface area contributed by atoms with Gasteiger partial charge in [0.05, 0.1) is 12.1 Å². The van der Waals surface area contributed by atoms with Gasteiger partial charge >= 0.3 is 0 Å². The van der Waals surface area contributed by atoms with Crippen LogP contribution in [0.5, 0.6) is 0 Å². The molecule has 4 nitrogen and oxygen atoms in total. The number of hydrogen-bond donors (Lipinski definition) is 2. The number of nitrogens with one attached hydrogen (secondary N) is 1. The molecule has 90 valence electrons. The van der Waals surface area contributed by atoms with Gasteiger partial charge in [0.15, 0.2) is 0 Å². The molecule has 3 atom stereocenters. The molecular formula is C10H21ClN2O2. The third-order valence-corrected chi connectivity index (χ3v) is 2.44. The van der Waals surface area contributed by atoms with Crippen LogP contribution in [0, 0.1) is 0 Å². The summed E-state index contributed by atoms with van der Waals surface area (Å²) in [5, 5.41) is 2.86. The second kappa shape index (κ2) is 7.04. The van der Waals surface area contributed by atoms with Crippen molar-refractivity contribution < 1.29 is 9.53 Å². The lowest BCUT2D eigenvalue weighted by molar-refractivity contribution is -0.122. The Kier molecular flexibility index (Phi) is 6.89. The van der Waals surface area contributed by atoms with Crippen LogP contribution in [0.25, 0.3) is 0 Å². The third-order valence-electron chi connectivity index (χ3n) is 2.44. The minimum Gasteiger partial charge on any atom is -0.378 e. The van der Waals surface area contributed by atoms with Crippen LogP contribution < -0.4 is 11.1 Å². The van der Waals surface area contributed by atoms with Crippen LogP contribution in [0.1, 0.15) is 33.1 Å². The molecule has 1 aliphatic rings. The lowest BCUT2D eigenvalue weighted by Gasteiger charge is -2.18. The molecular weight excluding hydrogens is 216 g/mol. The first-order valence-electron chi connectivity index (χ1n) is 5.27. The molecule has 0 spiro atoms. The number of ether oxygens (including phenoxy) is 1. The largest absolute Gasteiger partial charge is 0.378 e. The minimum atomic E-state index is -0.429. The first-order chi connectivity index (χ1) is 6.59. The van der Waals surface area contributed by atoms with E-state index < -0.39 is 6.04 Å². The van der Waals surface area contributed by atoms with Gasteiger partial charge in [0.25, 0.3) is 0 Å². The van der Waals surface area contributed by atoms with Gasteiger partial charge in [-0.2, -0.15) is 0 Å². The Bertz CT molecular complexity index is 194. The normalized spacial score (nSPS) is 24.1. The fourth-order valence-electron chi connectivity index (χ4n) is 1.66. The number of nitrogens with two attached hydrogens (primary N) is 1. The van der Waals surface area contributed by atoms with Gasteiger partial charge in [-0.05, 0) is 33.1 Å². The standard InChI is InChI=1S/C10H20N2O2.ClH/c1-7(12-10(13)8(2)11)6-9-4-3-5-14-9;/h7-9H,3-6,11H2,1-2H3,(H,12,13);1H. The second-order valence-corrected chi connectivity index (χ2v) is 4.07. The van der Waals surface area contributed by atoms with Crippen molar-refractivity contribution in [2.75, 3.05) is 6.61 Å². The van der Waals surface area contributed by atoms with Gasteiger partial charge in [0, 0.05) is 12.6 Å². The van der Waals surface area contributed by atoms with Crippen molar-refractivity contribution >= 4 is 18.3 Å². The maximum Gasteiger partial charge on any atom is 0.236 e. The summed E-state index contributed by atoms with van der Waals surface area (Å²) in [7, 11) is 0. The van der Waals surface area contributed by atoms with Crippen LogP contribution in [-0.4, -0.2) is 30.7 Å². The molecule has 1 rings (SSSR count). The SMILES string of the molecule is CC(CC1CCCO1)NC(=O)C(C)N.Cl. The van der Waals surface area contributed by atoms with E-state index in [1.807, 2.05) is 6.92 Å². The third kappa shape index (κ3) is 5.35. The van der Waals surface area contributed by atoms with Crippen molar-refractivity contribution in [2.45, 2.75) is 51.3 Å². The number of hydrogen-bond acceptors (Lipinski definition) is 3. The van der Waals surface area contributed by atoms with Gasteiger partial charge in [0.2, 0.25) is 5.91 Å². The molecule has 1 saturated heterocycles. The summed E-state index contributed by atoms with van der Waals surface area (Å²) in [6, 6.07) is -0.279. The zero-order chi connectivity index (χ0) is 10.6. The second-order valence-electron chi connectivity index (χ2n) is 4.07. The quantitative estimate of drug-likeness (QED) is 0.760. The van der Waals surface area contributed by atoms with Crippen molar-refractivity contribution in [2.24, 2.45) is 5.73 Å². The van der Waals surface area contributed by atoms with Gasteiger partial charge < -0.3 is 15.8 Å². The Morgan fingerprint density at radius 3 is 2.73 bits per heavy atom. The van der Waals surface area contributed by atoms with Crippen LogP contribution in [-0.2, 0) is 9.53 Å². The van der Waals surface area contributed by atoms with Gasteiger partial charge in [0.1, 0.15) is 0 Å². The highest BCUT2D eigenvalue weighted by molar-refractivity contribution is 5.85. The minimum absolute atomic E-state index is 0. The van der Waals surface area contributed by atoms with Crippen molar-refractivity contribution in [1.29, 1.82) is 0 Å². The lowest BCUT2D eigenvalue weighted by atomic mass is 10.1. The molecule has 0 bridgehead atoms. The molecule has 3 N–H and O–H groups in total. The highest BCUT2D eigenvalue weighted by Gasteiger charge is 2.19. The zero-order valence-corrected chi connectivity index (χ0v) is 10.2. The molecule has 1 aliphatic heterocycles. The fraction of sp³-hybridized carbons (Fsp3) is 0.900. The highest BCUT2D eigenvalue weighted by Crippen LogP contribution is 2.16. The molecule has 1 amide bonds. The summed E-state index contributed by atoms with van der Waals surface area (Å²) in [5.74, 6) is -0.0875. The van der Waals surface area contributed by atoms with E-state index in [4.69, 9.17) is 10.5 Å². The Hall–Kier alpha value is -0.320. The maximum absolute atomic E-state index is 11.3. The van der Waals surface area contributed by atoms with Crippen LogP contribution in [0.3, 0.4) is 0 Å². The van der Waals surface area contributed by atoms with E-state index in [1.165, 1.54) is 0 Å². The molecule has 0 radical (unpaired) electrons. The van der Waals surface area contributed by atoms with Gasteiger partial charge in [-0.1, -0.05) is 0 Å². The summed E-state index contributed by atoms with van der Waals surface area (Å²) in [4.78, 5) is 11.3. The van der Waals surface area contributed by atoms with Crippen molar-refractivity contribution in [3.63, 3.8) is 0 Å². The summed E-state index contributed by atoms with van der Waals surface area (Å²) in [5.41, 5.74) is 5.45. The Labute approximate surface area is 97.3 Å². The number of amides is 1. The van der Waals surface area contributed by atoms with Crippen LogP contribution >= 0.6 is 12.4 Å². The van der Waals surface area contributed by atoms with Crippen LogP contribution in [0.15, 0.2) is 0 Å². The lowest BCUT2D eigenvalue weighted by Crippen LogP contribution is -2.43. The molecule has 3 unspecified atom stereocenters. The summed E-state index contributed by atoms with van der Waals surface area (Å²) in [6.45, 7) is 4.54. The molecule has 0 saturated carbocycles. The van der Waals surface area contributed by atoms with E-state index in [0.717, 1.165) is 25.9 Å². The van der Waals surface area contributed by atoms with Crippen LogP contribution in [0.4, 0.5) is 0 Å². The first-order valence-corrected chi connectivity index (χ1v) is 5.27. The summed E-state index contributed by atoms with van der Waals surface area (Å²) < 4.78 is 5.48. The highest BCUT2D eigenvalue weighted by atomic mass is 35.5. The van der Waals surface area contributed by atoms with Gasteiger partial charge in [-0.25, -0.2) is 0 Å². The monoisotopic (exact) mass is 236 g/mol. The molecule has 0 aromatic rings. The Morgan fingerprint density at radius 2 is 2.27 bits per heavy atom. The molecule has 15 heavy (non-hydrogen) atoms. The fourth-order valence-corrected chi connectivity index (χ4v) is 1.66. The smallest absolute Gasteiger partial charge is 0.236 e. The van der Waals surface area contributed by atoms with E-state index in [9.17, 15) is 4.79 Å². The van der Waals surface area contributed by atoms with Crippen molar-refractivity contribution in [3.05, 3.63) is 0 Å². The van der Waals surface area contributed by atoms with E-state index in [0.29, 0.717) is 6.10 Å². The summed E-state index contributed by atoms with van der Waals surface area (Å²) in [6.07, 6.45) is 3.45. The molecule has 0 aliphatic carbocycles. The Balaban J connectivity index is 0.00000196. The molecule has 1 heterocycles. The molecule has 0 aromatic carbocycles. The van der Waals surface area contributed by atoms with Crippen molar-refractivity contribution in [1.82, 2.24) is 5.32 Å². The number of halogens is 1. The number of carbonyl (C=O) groups is 1. The predicted molar refractivity (Wildman–Crippen MR) is 62.1 cm³/mol. The Morgan fingerprint density at radius 1 is 1.60 bits per heavy atom. The van der Waals surface area contributed by atoms with Crippen LogP contribution in [0.2, 0.25) is 0 Å². The number of rotatable bonds is 4. The maximum atomic E-state index is 11.3. The first kappa shape index (κ1) is 14.7. The van der Waals surface area contributed by atoms with E-state index in [1.54, 1.807) is 6.92 Å².